The lowest BCUT2D eigenvalue weighted by Crippen LogP contribution is -2.19. The minimum atomic E-state index is 0.00358. The highest BCUT2D eigenvalue weighted by Crippen LogP contribution is 2.26. The number of hydrogen-bond donors (Lipinski definition) is 0. The number of rotatable bonds is 1. The van der Waals surface area contributed by atoms with E-state index in [4.69, 9.17) is 4.74 Å². The number of ether oxygens (including phenoxy) is 1. The Bertz CT molecular complexity index is 1060. The van der Waals surface area contributed by atoms with E-state index >= 15 is 0 Å². The van der Waals surface area contributed by atoms with Crippen LogP contribution < -0.4 is 10.3 Å². The zero-order valence-electron chi connectivity index (χ0n) is 11.8. The SMILES string of the molecule is COc1ccc2c(c1)cc1c(=O)n(C)c3ccccc3n12. The van der Waals surface area contributed by atoms with Gasteiger partial charge in [-0.1, -0.05) is 12.1 Å². The Labute approximate surface area is 120 Å². The van der Waals surface area contributed by atoms with Crippen LogP contribution in [0.4, 0.5) is 0 Å². The minimum absolute atomic E-state index is 0.00358. The van der Waals surface area contributed by atoms with Gasteiger partial charge < -0.3 is 13.7 Å². The maximum atomic E-state index is 12.6. The van der Waals surface area contributed by atoms with Gasteiger partial charge in [0.05, 0.1) is 23.7 Å². The molecule has 0 spiro atoms. The van der Waals surface area contributed by atoms with E-state index in [9.17, 15) is 4.79 Å². The van der Waals surface area contributed by atoms with Gasteiger partial charge in [0.25, 0.3) is 5.56 Å². The van der Waals surface area contributed by atoms with Crippen molar-refractivity contribution in [3.05, 3.63) is 58.9 Å². The lowest BCUT2D eigenvalue weighted by Gasteiger charge is -2.08. The molecular formula is C17H14N2O2. The smallest absolute Gasteiger partial charge is 0.275 e. The zero-order valence-corrected chi connectivity index (χ0v) is 11.8. The molecule has 2 heterocycles. The predicted octanol–water partition coefficient (Wildman–Crippen LogP) is 2.95. The van der Waals surface area contributed by atoms with Gasteiger partial charge in [-0.05, 0) is 36.4 Å². The molecule has 0 fully saturated rings. The Morgan fingerprint density at radius 2 is 1.67 bits per heavy atom. The Kier molecular flexibility index (Phi) is 2.36. The standard InChI is InChI=1S/C17H14N2O2/c1-18-14-5-3-4-6-15(14)19-13-8-7-12(21-2)9-11(13)10-16(19)17(18)20/h3-10H,1-2H3. The Balaban J connectivity index is 2.33. The molecule has 4 nitrogen and oxygen atoms in total. The maximum absolute atomic E-state index is 12.6. The summed E-state index contributed by atoms with van der Waals surface area (Å²) in [4.78, 5) is 12.6. The topological polar surface area (TPSA) is 35.6 Å². The highest BCUT2D eigenvalue weighted by Gasteiger charge is 2.12. The molecule has 4 heteroatoms. The number of aryl methyl sites for hydroxylation is 1. The lowest BCUT2D eigenvalue weighted by molar-refractivity contribution is 0.415. The van der Waals surface area contributed by atoms with Gasteiger partial charge in [-0.2, -0.15) is 0 Å². The van der Waals surface area contributed by atoms with E-state index in [1.54, 1.807) is 11.7 Å². The van der Waals surface area contributed by atoms with Crippen LogP contribution in [-0.4, -0.2) is 16.1 Å². The van der Waals surface area contributed by atoms with Crippen molar-refractivity contribution >= 4 is 27.5 Å². The first-order valence-corrected chi connectivity index (χ1v) is 6.77. The number of benzene rings is 2. The fraction of sp³-hybridized carbons (Fsp3) is 0.118. The quantitative estimate of drug-likeness (QED) is 0.536. The van der Waals surface area contributed by atoms with Crippen LogP contribution in [0.1, 0.15) is 0 Å². The van der Waals surface area contributed by atoms with Crippen molar-refractivity contribution < 1.29 is 4.74 Å². The molecule has 0 amide bonds. The van der Waals surface area contributed by atoms with Crippen molar-refractivity contribution in [1.29, 1.82) is 0 Å². The first-order valence-electron chi connectivity index (χ1n) is 6.77. The summed E-state index contributed by atoms with van der Waals surface area (Å²) >= 11 is 0. The molecule has 0 aliphatic rings. The summed E-state index contributed by atoms with van der Waals surface area (Å²) < 4.78 is 8.98. The second kappa shape index (κ2) is 4.12. The highest BCUT2D eigenvalue weighted by molar-refractivity contribution is 5.93. The second-order valence-electron chi connectivity index (χ2n) is 5.14. The average Bonchev–Trinajstić information content (AvgIpc) is 2.91. The second-order valence-corrected chi connectivity index (χ2v) is 5.14. The van der Waals surface area contributed by atoms with Gasteiger partial charge >= 0.3 is 0 Å². The third-order valence-electron chi connectivity index (χ3n) is 4.02. The van der Waals surface area contributed by atoms with E-state index < -0.39 is 0 Å². The van der Waals surface area contributed by atoms with Crippen LogP contribution in [0.2, 0.25) is 0 Å². The summed E-state index contributed by atoms with van der Waals surface area (Å²) in [7, 11) is 3.45. The Morgan fingerprint density at radius 1 is 0.905 bits per heavy atom. The van der Waals surface area contributed by atoms with Gasteiger partial charge in [0.15, 0.2) is 0 Å². The van der Waals surface area contributed by atoms with Crippen molar-refractivity contribution in [2.45, 2.75) is 0 Å². The van der Waals surface area contributed by atoms with E-state index in [1.807, 2.05) is 60.0 Å². The molecule has 4 rings (SSSR count). The zero-order chi connectivity index (χ0) is 14.6. The molecule has 0 saturated carbocycles. The molecular weight excluding hydrogens is 264 g/mol. The van der Waals surface area contributed by atoms with E-state index in [1.165, 1.54) is 0 Å². The molecule has 104 valence electrons. The van der Waals surface area contributed by atoms with Crippen LogP contribution in [0, 0.1) is 0 Å². The van der Waals surface area contributed by atoms with Crippen LogP contribution in [0.3, 0.4) is 0 Å². The van der Waals surface area contributed by atoms with E-state index in [0.29, 0.717) is 5.52 Å². The summed E-state index contributed by atoms with van der Waals surface area (Å²) in [6.07, 6.45) is 0. The molecule has 0 atom stereocenters. The maximum Gasteiger partial charge on any atom is 0.275 e. The molecule has 2 aromatic heterocycles. The lowest BCUT2D eigenvalue weighted by atomic mass is 10.2. The molecule has 2 aromatic carbocycles. The van der Waals surface area contributed by atoms with Gasteiger partial charge in [0, 0.05) is 12.4 Å². The average molecular weight is 278 g/mol. The normalized spacial score (nSPS) is 11.5. The van der Waals surface area contributed by atoms with Crippen LogP contribution >= 0.6 is 0 Å². The fourth-order valence-corrected chi connectivity index (χ4v) is 2.96. The number of aromatic nitrogens is 2. The number of hydrogen-bond acceptors (Lipinski definition) is 2. The summed E-state index contributed by atoms with van der Waals surface area (Å²) in [5.74, 6) is 0.791. The number of methoxy groups -OCH3 is 1. The fourth-order valence-electron chi connectivity index (χ4n) is 2.96. The monoisotopic (exact) mass is 278 g/mol. The van der Waals surface area contributed by atoms with Crippen molar-refractivity contribution in [2.24, 2.45) is 7.05 Å². The molecule has 4 aromatic rings. The number of para-hydroxylation sites is 2. The summed E-state index contributed by atoms with van der Waals surface area (Å²) in [6.45, 7) is 0. The van der Waals surface area contributed by atoms with Crippen molar-refractivity contribution in [1.82, 2.24) is 8.97 Å². The van der Waals surface area contributed by atoms with Crippen molar-refractivity contribution in [2.75, 3.05) is 7.11 Å². The minimum Gasteiger partial charge on any atom is -0.497 e. The molecule has 21 heavy (non-hydrogen) atoms. The van der Waals surface area contributed by atoms with Gasteiger partial charge in [-0.25, -0.2) is 0 Å². The highest BCUT2D eigenvalue weighted by atomic mass is 16.5. The first-order chi connectivity index (χ1) is 10.2. The number of nitrogens with zero attached hydrogens (tertiary/aromatic N) is 2. The van der Waals surface area contributed by atoms with E-state index in [2.05, 4.69) is 0 Å². The van der Waals surface area contributed by atoms with Crippen LogP contribution in [0.25, 0.3) is 27.5 Å². The van der Waals surface area contributed by atoms with Gasteiger partial charge in [-0.3, -0.25) is 4.79 Å². The number of fused-ring (bicyclic) bond motifs is 5. The van der Waals surface area contributed by atoms with E-state index in [0.717, 1.165) is 27.7 Å². The van der Waals surface area contributed by atoms with Gasteiger partial charge in [0.2, 0.25) is 0 Å². The van der Waals surface area contributed by atoms with Crippen LogP contribution in [0.5, 0.6) is 5.75 Å². The molecule has 0 radical (unpaired) electrons. The summed E-state index contributed by atoms with van der Waals surface area (Å²) in [5, 5.41) is 1.00. The Hall–Kier alpha value is -2.75. The molecule has 0 bridgehead atoms. The van der Waals surface area contributed by atoms with E-state index in [-0.39, 0.29) is 5.56 Å². The molecule has 0 aliphatic carbocycles. The largest absolute Gasteiger partial charge is 0.497 e. The predicted molar refractivity (Wildman–Crippen MR) is 84.2 cm³/mol. The van der Waals surface area contributed by atoms with Gasteiger partial charge in [-0.15, -0.1) is 0 Å². The third kappa shape index (κ3) is 1.53. The van der Waals surface area contributed by atoms with Crippen LogP contribution in [-0.2, 0) is 7.05 Å². The summed E-state index contributed by atoms with van der Waals surface area (Å²) in [6, 6.07) is 15.7. The molecule has 0 unspecified atom stereocenters. The van der Waals surface area contributed by atoms with Crippen LogP contribution in [0.15, 0.2) is 53.3 Å². The van der Waals surface area contributed by atoms with Gasteiger partial charge in [0.1, 0.15) is 11.3 Å². The Morgan fingerprint density at radius 3 is 2.43 bits per heavy atom. The molecule has 0 saturated heterocycles. The third-order valence-corrected chi connectivity index (χ3v) is 4.02. The van der Waals surface area contributed by atoms with Crippen molar-refractivity contribution in [3.8, 4) is 5.75 Å². The van der Waals surface area contributed by atoms with Crippen molar-refractivity contribution in [3.63, 3.8) is 0 Å². The first kappa shape index (κ1) is 12.0. The summed E-state index contributed by atoms with van der Waals surface area (Å²) in [5.41, 5.74) is 3.64. The molecule has 0 aliphatic heterocycles. The molecule has 0 N–H and O–H groups in total.